The summed E-state index contributed by atoms with van der Waals surface area (Å²) in [6, 6.07) is 5.92. The Morgan fingerprint density at radius 3 is 2.87 bits per heavy atom. The van der Waals surface area contributed by atoms with Gasteiger partial charge < -0.3 is 10.2 Å². The van der Waals surface area contributed by atoms with E-state index in [4.69, 9.17) is 4.99 Å². The maximum Gasteiger partial charge on any atom is 0.193 e. The molecule has 0 aliphatic rings. The number of unbranched alkanes of at least 4 members (excludes halogenated alkanes) is 1. The Morgan fingerprint density at radius 1 is 1.30 bits per heavy atom. The molecular weight excluding hydrogens is 403 g/mol. The molecule has 0 aliphatic heterocycles. The monoisotopic (exact) mass is 430 g/mol. The third-order valence-corrected chi connectivity index (χ3v) is 3.52. The van der Waals surface area contributed by atoms with E-state index in [-0.39, 0.29) is 24.0 Å². The molecule has 2 aromatic rings. The highest BCUT2D eigenvalue weighted by molar-refractivity contribution is 14.0. The van der Waals surface area contributed by atoms with Crippen LogP contribution in [0.5, 0.6) is 0 Å². The summed E-state index contributed by atoms with van der Waals surface area (Å²) < 4.78 is 2.02. The van der Waals surface area contributed by atoms with Gasteiger partial charge in [-0.15, -0.1) is 34.2 Å². The predicted molar refractivity (Wildman–Crippen MR) is 106 cm³/mol. The van der Waals surface area contributed by atoms with Crippen LogP contribution in [0.3, 0.4) is 0 Å². The fourth-order valence-electron chi connectivity index (χ4n) is 2.29. The van der Waals surface area contributed by atoms with Crippen LogP contribution < -0.4 is 5.32 Å². The summed E-state index contributed by atoms with van der Waals surface area (Å²) in [4.78, 5) is 6.89. The second-order valence-electron chi connectivity index (χ2n) is 5.31. The van der Waals surface area contributed by atoms with Crippen LogP contribution in [-0.2, 0) is 6.42 Å². The summed E-state index contributed by atoms with van der Waals surface area (Å²) in [5, 5.41) is 11.8. The Balaban J connectivity index is 0.00000264. The molecule has 0 fully saturated rings. The van der Waals surface area contributed by atoms with Crippen molar-refractivity contribution in [2.24, 2.45) is 4.99 Å². The van der Waals surface area contributed by atoms with Crippen LogP contribution in [0.1, 0.15) is 32.5 Å². The summed E-state index contributed by atoms with van der Waals surface area (Å²) in [5.41, 5.74) is 0.883. The number of halogens is 1. The number of nitrogens with zero attached hydrogens (tertiary/aromatic N) is 5. The molecule has 2 aromatic heterocycles. The summed E-state index contributed by atoms with van der Waals surface area (Å²) in [7, 11) is 2.09. The van der Waals surface area contributed by atoms with E-state index >= 15 is 0 Å². The number of hydrogen-bond donors (Lipinski definition) is 1. The molecule has 0 aromatic carbocycles. The molecule has 2 rings (SSSR count). The average Bonchev–Trinajstić information content (AvgIpc) is 2.95. The van der Waals surface area contributed by atoms with Gasteiger partial charge >= 0.3 is 0 Å². The smallest absolute Gasteiger partial charge is 0.193 e. The normalized spacial score (nSPS) is 11.3. The quantitative estimate of drug-likeness (QED) is 0.417. The molecule has 0 bridgehead atoms. The zero-order valence-electron chi connectivity index (χ0n) is 14.2. The molecule has 0 unspecified atom stereocenters. The second-order valence-corrected chi connectivity index (χ2v) is 5.31. The van der Waals surface area contributed by atoms with Crippen LogP contribution in [0.25, 0.3) is 5.65 Å². The number of pyridine rings is 1. The Morgan fingerprint density at radius 2 is 2.13 bits per heavy atom. The van der Waals surface area contributed by atoms with Gasteiger partial charge in [0.2, 0.25) is 0 Å². The van der Waals surface area contributed by atoms with E-state index in [1.807, 2.05) is 28.8 Å². The number of rotatable bonds is 7. The van der Waals surface area contributed by atoms with Crippen LogP contribution in [0, 0.1) is 0 Å². The summed E-state index contributed by atoms with van der Waals surface area (Å²) >= 11 is 0. The fourth-order valence-corrected chi connectivity index (χ4v) is 2.29. The summed E-state index contributed by atoms with van der Waals surface area (Å²) in [6.07, 6.45) is 5.14. The van der Waals surface area contributed by atoms with E-state index in [0.717, 1.165) is 36.9 Å². The first kappa shape index (κ1) is 19.7. The van der Waals surface area contributed by atoms with Crippen molar-refractivity contribution in [3.05, 3.63) is 30.2 Å². The fraction of sp³-hybridized carbons (Fsp3) is 0.562. The third-order valence-electron chi connectivity index (χ3n) is 3.52. The number of fused-ring (bicyclic) bond motifs is 1. The Hall–Kier alpha value is -1.38. The maximum atomic E-state index is 4.70. The van der Waals surface area contributed by atoms with Gasteiger partial charge in [-0.2, -0.15) is 0 Å². The van der Waals surface area contributed by atoms with Gasteiger partial charge in [0, 0.05) is 39.3 Å². The Bertz CT molecular complexity index is 609. The van der Waals surface area contributed by atoms with Crippen molar-refractivity contribution in [3.63, 3.8) is 0 Å². The van der Waals surface area contributed by atoms with Crippen molar-refractivity contribution in [2.75, 3.05) is 26.7 Å². The summed E-state index contributed by atoms with van der Waals surface area (Å²) in [6.45, 7) is 6.90. The Kier molecular flexibility index (Phi) is 8.90. The van der Waals surface area contributed by atoms with Gasteiger partial charge in [0.25, 0.3) is 0 Å². The predicted octanol–water partition coefficient (Wildman–Crippen LogP) is 2.59. The van der Waals surface area contributed by atoms with Gasteiger partial charge in [0.1, 0.15) is 5.82 Å². The standard InChI is InChI=1S/C16H26N6.HI/c1-4-6-12-21(3)16(17-5-2)18-11-10-15-20-19-14-9-7-8-13-22(14)15;/h7-9,13H,4-6,10-12H2,1-3H3,(H,17,18);1H. The lowest BCUT2D eigenvalue weighted by atomic mass is 10.3. The molecule has 0 spiro atoms. The van der Waals surface area contributed by atoms with Crippen LogP contribution in [0.2, 0.25) is 0 Å². The van der Waals surface area contributed by atoms with Crippen LogP contribution >= 0.6 is 24.0 Å². The van der Waals surface area contributed by atoms with Crippen molar-refractivity contribution in [1.29, 1.82) is 0 Å². The van der Waals surface area contributed by atoms with Crippen molar-refractivity contribution < 1.29 is 0 Å². The molecule has 0 amide bonds. The van der Waals surface area contributed by atoms with Gasteiger partial charge in [-0.1, -0.05) is 19.4 Å². The number of aromatic nitrogens is 3. The third kappa shape index (κ3) is 5.63. The minimum Gasteiger partial charge on any atom is -0.357 e. The first-order chi connectivity index (χ1) is 10.8. The largest absolute Gasteiger partial charge is 0.357 e. The van der Waals surface area contributed by atoms with E-state index in [1.54, 1.807) is 0 Å². The first-order valence-electron chi connectivity index (χ1n) is 8.04. The van der Waals surface area contributed by atoms with Crippen LogP contribution in [0.4, 0.5) is 0 Å². The van der Waals surface area contributed by atoms with Crippen molar-refractivity contribution in [3.8, 4) is 0 Å². The van der Waals surface area contributed by atoms with Crippen molar-refractivity contribution in [2.45, 2.75) is 33.1 Å². The van der Waals surface area contributed by atoms with Crippen LogP contribution in [0.15, 0.2) is 29.4 Å². The van der Waals surface area contributed by atoms with Gasteiger partial charge in [-0.05, 0) is 25.5 Å². The highest BCUT2D eigenvalue weighted by Gasteiger charge is 2.06. The van der Waals surface area contributed by atoms with Gasteiger partial charge in [0.05, 0.1) is 0 Å². The maximum absolute atomic E-state index is 4.70. The minimum atomic E-state index is 0. The molecule has 0 atom stereocenters. The molecule has 1 N–H and O–H groups in total. The van der Waals surface area contributed by atoms with E-state index in [2.05, 4.69) is 41.3 Å². The van der Waals surface area contributed by atoms with Crippen molar-refractivity contribution in [1.82, 2.24) is 24.8 Å². The SMILES string of the molecule is CCCCN(C)C(=NCCc1nnc2ccccn12)NCC.I. The van der Waals surface area contributed by atoms with Crippen molar-refractivity contribution >= 4 is 35.6 Å². The number of nitrogens with one attached hydrogen (secondary N) is 1. The Labute approximate surface area is 155 Å². The highest BCUT2D eigenvalue weighted by Crippen LogP contribution is 2.03. The summed E-state index contributed by atoms with van der Waals surface area (Å²) in [5.74, 6) is 1.91. The molecule has 23 heavy (non-hydrogen) atoms. The molecule has 0 radical (unpaired) electrons. The van der Waals surface area contributed by atoms with E-state index in [9.17, 15) is 0 Å². The second kappa shape index (κ2) is 10.4. The van der Waals surface area contributed by atoms with Crippen LogP contribution in [-0.4, -0.2) is 52.1 Å². The molecule has 0 aliphatic carbocycles. The first-order valence-corrected chi connectivity index (χ1v) is 8.04. The molecule has 7 heteroatoms. The average molecular weight is 430 g/mol. The number of guanidine groups is 1. The zero-order chi connectivity index (χ0) is 15.8. The van der Waals surface area contributed by atoms with E-state index < -0.39 is 0 Å². The molecule has 0 saturated heterocycles. The van der Waals surface area contributed by atoms with Gasteiger partial charge in [-0.3, -0.25) is 9.39 Å². The zero-order valence-corrected chi connectivity index (χ0v) is 16.5. The minimum absolute atomic E-state index is 0. The van der Waals surface area contributed by atoms with E-state index in [1.165, 1.54) is 12.8 Å². The highest BCUT2D eigenvalue weighted by atomic mass is 127. The lowest BCUT2D eigenvalue weighted by Crippen LogP contribution is -2.39. The lowest BCUT2D eigenvalue weighted by Gasteiger charge is -2.21. The van der Waals surface area contributed by atoms with Gasteiger partial charge in [0.15, 0.2) is 11.6 Å². The molecule has 128 valence electrons. The molecule has 0 saturated carbocycles. The number of hydrogen-bond acceptors (Lipinski definition) is 3. The van der Waals surface area contributed by atoms with E-state index in [0.29, 0.717) is 6.54 Å². The molecular formula is C16H27IN6. The molecule has 6 nitrogen and oxygen atoms in total. The van der Waals surface area contributed by atoms with Gasteiger partial charge in [-0.25, -0.2) is 0 Å². The topological polar surface area (TPSA) is 57.8 Å². The molecule has 2 heterocycles. The number of aliphatic imine (C=N–C) groups is 1. The lowest BCUT2D eigenvalue weighted by molar-refractivity contribution is 0.465.